The number of esters is 2. The van der Waals surface area contributed by atoms with E-state index >= 15 is 0 Å². The van der Waals surface area contributed by atoms with Crippen molar-refractivity contribution in [1.29, 1.82) is 0 Å². The number of allylic oxidation sites excluding steroid dienone is 1. The SMILES string of the molecule is C/C=C/C(=O)OC.C=CC(=O)OC.CBr.Cc1ccccc1.Cc1ccccc1. The van der Waals surface area contributed by atoms with Crippen LogP contribution in [0.2, 0.25) is 0 Å². The lowest BCUT2D eigenvalue weighted by molar-refractivity contribution is -0.135. The lowest BCUT2D eigenvalue weighted by atomic mass is 10.2. The van der Waals surface area contributed by atoms with Crippen molar-refractivity contribution in [1.82, 2.24) is 0 Å². The average molecular weight is 465 g/mol. The molecule has 0 aliphatic rings. The summed E-state index contributed by atoms with van der Waals surface area (Å²) in [5, 5.41) is 0. The molecule has 0 radical (unpaired) electrons. The van der Waals surface area contributed by atoms with Crippen LogP contribution in [-0.2, 0) is 19.1 Å². The van der Waals surface area contributed by atoms with Crippen LogP contribution in [0.25, 0.3) is 0 Å². The number of halogens is 1. The fourth-order valence-electron chi connectivity index (χ4n) is 1.36. The van der Waals surface area contributed by atoms with Crippen molar-refractivity contribution >= 4 is 27.9 Å². The van der Waals surface area contributed by atoms with Gasteiger partial charge in [-0.3, -0.25) is 0 Å². The molecule has 0 fully saturated rings. The quantitative estimate of drug-likeness (QED) is 0.306. The molecule has 0 aliphatic carbocycles. The molecule has 5 heteroatoms. The molecule has 0 saturated heterocycles. The first-order chi connectivity index (χ1) is 13.9. The number of hydrogen-bond acceptors (Lipinski definition) is 4. The number of carbonyl (C=O) groups excluding carboxylic acids is 2. The summed E-state index contributed by atoms with van der Waals surface area (Å²) in [4.78, 5) is 19.9. The highest BCUT2D eigenvalue weighted by Crippen LogP contribution is 1.92. The smallest absolute Gasteiger partial charge is 0.330 e. The van der Waals surface area contributed by atoms with Crippen LogP contribution in [0.1, 0.15) is 18.1 Å². The summed E-state index contributed by atoms with van der Waals surface area (Å²) in [6.45, 7) is 9.08. The number of hydrogen-bond donors (Lipinski definition) is 0. The molecule has 2 aromatic rings. The molecular formula is C24H33BrO4. The Kier molecular flexibility index (Phi) is 27.1. The van der Waals surface area contributed by atoms with Crippen molar-refractivity contribution < 1.29 is 19.1 Å². The lowest BCUT2D eigenvalue weighted by Crippen LogP contribution is -1.92. The van der Waals surface area contributed by atoms with Gasteiger partial charge in [-0.15, -0.1) is 0 Å². The van der Waals surface area contributed by atoms with E-state index in [1.54, 1.807) is 13.0 Å². The Balaban J connectivity index is -0.000000303. The largest absolute Gasteiger partial charge is 0.466 e. The minimum Gasteiger partial charge on any atom is -0.466 e. The van der Waals surface area contributed by atoms with E-state index in [1.165, 1.54) is 31.4 Å². The third-order valence-corrected chi connectivity index (χ3v) is 2.75. The zero-order valence-corrected chi connectivity index (χ0v) is 19.8. The molecular weight excluding hydrogens is 432 g/mol. The summed E-state index contributed by atoms with van der Waals surface area (Å²) in [5.41, 5.74) is 2.64. The van der Waals surface area contributed by atoms with Gasteiger partial charge in [-0.05, 0) is 26.6 Å². The van der Waals surface area contributed by atoms with E-state index in [-0.39, 0.29) is 5.97 Å². The lowest BCUT2D eigenvalue weighted by Gasteiger charge is -1.84. The van der Waals surface area contributed by atoms with Crippen molar-refractivity contribution in [2.75, 3.05) is 20.1 Å². The van der Waals surface area contributed by atoms with Crippen LogP contribution in [0.15, 0.2) is 85.5 Å². The summed E-state index contributed by atoms with van der Waals surface area (Å²) < 4.78 is 8.41. The van der Waals surface area contributed by atoms with Crippen molar-refractivity contribution in [2.24, 2.45) is 0 Å². The first-order valence-corrected chi connectivity index (χ1v) is 10.3. The van der Waals surface area contributed by atoms with E-state index in [4.69, 9.17) is 0 Å². The van der Waals surface area contributed by atoms with Crippen molar-refractivity contribution in [3.8, 4) is 0 Å². The second kappa shape index (κ2) is 25.3. The zero-order valence-electron chi connectivity index (χ0n) is 18.2. The Morgan fingerprint density at radius 1 is 0.793 bits per heavy atom. The summed E-state index contributed by atoms with van der Waals surface area (Å²) >= 11 is 2.94. The molecule has 0 atom stereocenters. The number of methoxy groups -OCH3 is 2. The van der Waals surface area contributed by atoms with Gasteiger partial charge in [-0.1, -0.05) is 100 Å². The maximum absolute atomic E-state index is 10.1. The Morgan fingerprint density at radius 2 is 1.14 bits per heavy atom. The Labute approximate surface area is 184 Å². The highest BCUT2D eigenvalue weighted by Gasteiger charge is 1.84. The van der Waals surface area contributed by atoms with Gasteiger partial charge in [-0.25, -0.2) is 9.59 Å². The highest BCUT2D eigenvalue weighted by atomic mass is 79.9. The van der Waals surface area contributed by atoms with Gasteiger partial charge in [0.1, 0.15) is 0 Å². The van der Waals surface area contributed by atoms with Gasteiger partial charge < -0.3 is 9.47 Å². The molecule has 0 aliphatic heterocycles. The Bertz CT molecular complexity index is 616. The molecule has 29 heavy (non-hydrogen) atoms. The number of benzene rings is 2. The molecule has 160 valence electrons. The van der Waals surface area contributed by atoms with Gasteiger partial charge >= 0.3 is 11.9 Å². The van der Waals surface area contributed by atoms with Gasteiger partial charge in [0.05, 0.1) is 14.2 Å². The molecule has 0 bridgehead atoms. The molecule has 0 unspecified atom stereocenters. The molecule has 0 amide bonds. The van der Waals surface area contributed by atoms with E-state index in [0.717, 1.165) is 6.08 Å². The molecule has 2 aromatic carbocycles. The van der Waals surface area contributed by atoms with Crippen molar-refractivity contribution in [3.05, 3.63) is 96.6 Å². The van der Waals surface area contributed by atoms with Crippen LogP contribution in [-0.4, -0.2) is 32.0 Å². The molecule has 0 heterocycles. The normalized spacial score (nSPS) is 8.10. The Morgan fingerprint density at radius 3 is 1.24 bits per heavy atom. The van der Waals surface area contributed by atoms with E-state index in [2.05, 4.69) is 70.1 Å². The third-order valence-electron chi connectivity index (χ3n) is 2.75. The zero-order chi connectivity index (χ0) is 22.9. The molecule has 0 aromatic heterocycles. The molecule has 2 rings (SSSR count). The second-order valence-corrected chi connectivity index (χ2v) is 5.06. The van der Waals surface area contributed by atoms with Gasteiger partial charge in [0.15, 0.2) is 0 Å². The molecule has 0 spiro atoms. The fraction of sp³-hybridized carbons (Fsp3) is 0.250. The van der Waals surface area contributed by atoms with Crippen LogP contribution in [0.3, 0.4) is 0 Å². The van der Waals surface area contributed by atoms with Crippen LogP contribution in [0, 0.1) is 13.8 Å². The first-order valence-electron chi connectivity index (χ1n) is 8.73. The maximum Gasteiger partial charge on any atom is 0.330 e. The maximum atomic E-state index is 10.1. The first kappa shape index (κ1) is 31.0. The monoisotopic (exact) mass is 464 g/mol. The van der Waals surface area contributed by atoms with Gasteiger partial charge in [0.25, 0.3) is 0 Å². The fourth-order valence-corrected chi connectivity index (χ4v) is 1.36. The van der Waals surface area contributed by atoms with Crippen LogP contribution < -0.4 is 0 Å². The number of alkyl halides is 1. The average Bonchev–Trinajstić information content (AvgIpc) is 2.77. The topological polar surface area (TPSA) is 52.6 Å². The highest BCUT2D eigenvalue weighted by molar-refractivity contribution is 9.08. The van der Waals surface area contributed by atoms with Gasteiger partial charge in [0.2, 0.25) is 0 Å². The third kappa shape index (κ3) is 27.7. The van der Waals surface area contributed by atoms with E-state index < -0.39 is 5.97 Å². The van der Waals surface area contributed by atoms with Crippen molar-refractivity contribution in [3.63, 3.8) is 0 Å². The number of rotatable bonds is 2. The number of carbonyl (C=O) groups is 2. The standard InChI is InChI=1S/2C7H8.C5H8O2.C4H6O2.CH3Br/c2*1-7-5-3-2-4-6-7;1-3-4-5(6)7-2;1-3-4(5)6-2;1-2/h2*2-6H,1H3;3-4H,1-2H3;3H,1H2,2H3;1H3/b;;4-3+;;. The van der Waals surface area contributed by atoms with Crippen LogP contribution >= 0.6 is 15.9 Å². The summed E-state index contributed by atoms with van der Waals surface area (Å²) in [6, 6.07) is 20.5. The minimum atomic E-state index is -0.394. The molecule has 4 nitrogen and oxygen atoms in total. The summed E-state index contributed by atoms with van der Waals surface area (Å²) in [5.74, 6) is 1.12. The van der Waals surface area contributed by atoms with Crippen LogP contribution in [0.4, 0.5) is 0 Å². The van der Waals surface area contributed by atoms with E-state index in [9.17, 15) is 9.59 Å². The number of aryl methyl sites for hydroxylation is 2. The van der Waals surface area contributed by atoms with Gasteiger partial charge in [0, 0.05) is 12.2 Å². The van der Waals surface area contributed by atoms with E-state index in [1.807, 2.05) is 42.2 Å². The predicted molar refractivity (Wildman–Crippen MR) is 126 cm³/mol. The Hall–Kier alpha value is -2.66. The van der Waals surface area contributed by atoms with Crippen LogP contribution in [0.5, 0.6) is 0 Å². The number of ether oxygens (including phenoxy) is 2. The summed E-state index contributed by atoms with van der Waals surface area (Å²) in [6.07, 6.45) is 4.10. The molecule has 0 saturated carbocycles. The second-order valence-electron chi connectivity index (χ2n) is 5.06. The molecule has 0 N–H and O–H groups in total. The van der Waals surface area contributed by atoms with E-state index in [0.29, 0.717) is 0 Å². The predicted octanol–water partition coefficient (Wildman–Crippen LogP) is 6.08. The minimum absolute atomic E-state index is 0.303. The van der Waals surface area contributed by atoms with Crippen molar-refractivity contribution in [2.45, 2.75) is 20.8 Å². The van der Waals surface area contributed by atoms with Gasteiger partial charge in [-0.2, -0.15) is 0 Å². The summed E-state index contributed by atoms with van der Waals surface area (Å²) in [7, 11) is 2.66.